The van der Waals surface area contributed by atoms with E-state index in [4.69, 9.17) is 18.9 Å². The molecule has 2 saturated heterocycles. The van der Waals surface area contributed by atoms with Crippen LogP contribution in [0.25, 0.3) is 0 Å². The summed E-state index contributed by atoms with van der Waals surface area (Å²) in [5.41, 5.74) is 0. The normalized spacial score (nSPS) is 42.0. The lowest BCUT2D eigenvalue weighted by Crippen LogP contribution is -2.36. The second-order valence-electron chi connectivity index (χ2n) is 4.94. The maximum atomic E-state index is 5.88. The minimum absolute atomic E-state index is 0.275. The van der Waals surface area contributed by atoms with Gasteiger partial charge in [-0.3, -0.25) is 0 Å². The summed E-state index contributed by atoms with van der Waals surface area (Å²) >= 11 is 0. The van der Waals surface area contributed by atoms with Gasteiger partial charge in [-0.1, -0.05) is 12.8 Å². The fourth-order valence-corrected chi connectivity index (χ4v) is 2.23. The predicted octanol–water partition coefficient (Wildman–Crippen LogP) is 1.13. The molecule has 4 nitrogen and oxygen atoms in total. The van der Waals surface area contributed by atoms with E-state index in [1.54, 1.807) is 0 Å². The zero-order valence-corrected chi connectivity index (χ0v) is 9.60. The maximum Gasteiger partial charge on any atom is 0.104 e. The van der Waals surface area contributed by atoms with Gasteiger partial charge in [0.25, 0.3) is 0 Å². The summed E-state index contributed by atoms with van der Waals surface area (Å²) in [6.45, 7) is 3.22. The molecule has 1 aliphatic carbocycles. The molecule has 0 aromatic carbocycles. The van der Waals surface area contributed by atoms with Gasteiger partial charge in [-0.15, -0.1) is 0 Å². The zero-order valence-electron chi connectivity index (χ0n) is 9.60. The Labute approximate surface area is 96.2 Å². The minimum Gasteiger partial charge on any atom is -0.373 e. The summed E-state index contributed by atoms with van der Waals surface area (Å²) < 4.78 is 22.1. The highest BCUT2D eigenvalue weighted by molar-refractivity contribution is 4.80. The lowest BCUT2D eigenvalue weighted by atomic mass is 9.94. The molecule has 4 atom stereocenters. The molecule has 3 fully saturated rings. The van der Waals surface area contributed by atoms with Crippen LogP contribution in [0.2, 0.25) is 0 Å². The first-order chi connectivity index (χ1) is 7.92. The van der Waals surface area contributed by atoms with Crippen molar-refractivity contribution in [1.29, 1.82) is 0 Å². The van der Waals surface area contributed by atoms with E-state index in [1.807, 2.05) is 0 Å². The van der Waals surface area contributed by atoms with Crippen LogP contribution in [0.5, 0.6) is 0 Å². The van der Waals surface area contributed by atoms with E-state index in [0.717, 1.165) is 39.3 Å². The molecule has 0 radical (unpaired) electrons. The Balaban J connectivity index is 1.42. The number of hydrogen-bond donors (Lipinski definition) is 0. The smallest absolute Gasteiger partial charge is 0.104 e. The molecule has 0 amide bonds. The van der Waals surface area contributed by atoms with Gasteiger partial charge >= 0.3 is 0 Å². The Morgan fingerprint density at radius 2 is 1.25 bits per heavy atom. The molecule has 0 spiro atoms. The van der Waals surface area contributed by atoms with Crippen molar-refractivity contribution in [3.63, 3.8) is 0 Å². The maximum absolute atomic E-state index is 5.88. The molecule has 3 aliphatic rings. The summed E-state index contributed by atoms with van der Waals surface area (Å²) in [6, 6.07) is 0. The van der Waals surface area contributed by atoms with E-state index in [0.29, 0.717) is 12.2 Å². The Bertz CT molecular complexity index is 201. The van der Waals surface area contributed by atoms with Crippen molar-refractivity contribution in [3.8, 4) is 0 Å². The minimum atomic E-state index is 0.275. The number of rotatable bonds is 6. The van der Waals surface area contributed by atoms with E-state index < -0.39 is 0 Å². The third kappa shape index (κ3) is 3.17. The molecule has 0 aromatic rings. The molecular formula is C12H20O4. The molecule has 2 aliphatic heterocycles. The summed E-state index contributed by atoms with van der Waals surface area (Å²) in [7, 11) is 0. The van der Waals surface area contributed by atoms with Crippen molar-refractivity contribution in [1.82, 2.24) is 0 Å². The lowest BCUT2D eigenvalue weighted by molar-refractivity contribution is -0.0968. The average Bonchev–Trinajstić information content (AvgIpc) is 3.17. The molecule has 0 unspecified atom stereocenters. The first-order valence-electron chi connectivity index (χ1n) is 6.38. The Hall–Kier alpha value is -0.160. The van der Waals surface area contributed by atoms with Crippen molar-refractivity contribution in [2.24, 2.45) is 0 Å². The van der Waals surface area contributed by atoms with Crippen molar-refractivity contribution >= 4 is 0 Å². The molecule has 92 valence electrons. The predicted molar refractivity (Wildman–Crippen MR) is 57.4 cm³/mol. The highest BCUT2D eigenvalue weighted by Crippen LogP contribution is 2.26. The van der Waals surface area contributed by atoms with Crippen LogP contribution >= 0.6 is 0 Å². The summed E-state index contributed by atoms with van der Waals surface area (Å²) in [6.07, 6.45) is 6.04. The molecule has 16 heavy (non-hydrogen) atoms. The molecular weight excluding hydrogens is 208 g/mol. The summed E-state index contributed by atoms with van der Waals surface area (Å²) in [5.74, 6) is 0. The van der Waals surface area contributed by atoms with Gasteiger partial charge in [-0.05, 0) is 12.8 Å². The summed E-state index contributed by atoms with van der Waals surface area (Å²) in [5, 5.41) is 0. The van der Waals surface area contributed by atoms with Crippen LogP contribution in [-0.2, 0) is 18.9 Å². The number of epoxide rings is 2. The van der Waals surface area contributed by atoms with Gasteiger partial charge in [0.1, 0.15) is 12.2 Å². The summed E-state index contributed by atoms with van der Waals surface area (Å²) in [4.78, 5) is 0. The van der Waals surface area contributed by atoms with Gasteiger partial charge in [-0.2, -0.15) is 0 Å². The third-order valence-electron chi connectivity index (χ3n) is 3.44. The largest absolute Gasteiger partial charge is 0.373 e. The third-order valence-corrected chi connectivity index (χ3v) is 3.44. The fourth-order valence-electron chi connectivity index (χ4n) is 2.23. The first kappa shape index (κ1) is 11.0. The van der Waals surface area contributed by atoms with Crippen LogP contribution in [-0.4, -0.2) is 50.8 Å². The van der Waals surface area contributed by atoms with E-state index in [9.17, 15) is 0 Å². The lowest BCUT2D eigenvalue weighted by Gasteiger charge is -2.31. The van der Waals surface area contributed by atoms with Crippen LogP contribution in [0.15, 0.2) is 0 Å². The standard InChI is InChI=1S/C12H20O4/c1-2-4-12(16-8-10-6-14-10)11(3-1)15-7-9-5-13-9/h9-12H,1-8H2/t9-,10+,11-,12+. The molecule has 0 N–H and O–H groups in total. The van der Waals surface area contributed by atoms with Crippen LogP contribution in [0.3, 0.4) is 0 Å². The van der Waals surface area contributed by atoms with Crippen molar-refractivity contribution in [2.45, 2.75) is 50.1 Å². The highest BCUT2D eigenvalue weighted by atomic mass is 16.6. The highest BCUT2D eigenvalue weighted by Gasteiger charge is 2.32. The van der Waals surface area contributed by atoms with Gasteiger partial charge in [0, 0.05) is 0 Å². The van der Waals surface area contributed by atoms with Gasteiger partial charge in [0.15, 0.2) is 0 Å². The molecule has 0 aromatic heterocycles. The van der Waals surface area contributed by atoms with Crippen LogP contribution < -0.4 is 0 Å². The van der Waals surface area contributed by atoms with Crippen molar-refractivity contribution in [3.05, 3.63) is 0 Å². The van der Waals surface area contributed by atoms with Crippen molar-refractivity contribution in [2.75, 3.05) is 26.4 Å². The van der Waals surface area contributed by atoms with Crippen LogP contribution in [0.4, 0.5) is 0 Å². The monoisotopic (exact) mass is 228 g/mol. The Morgan fingerprint density at radius 1 is 0.812 bits per heavy atom. The van der Waals surface area contributed by atoms with Crippen LogP contribution in [0, 0.1) is 0 Å². The van der Waals surface area contributed by atoms with E-state index in [1.165, 1.54) is 12.8 Å². The second kappa shape index (κ2) is 5.00. The Kier molecular flexibility index (Phi) is 3.43. The topological polar surface area (TPSA) is 43.5 Å². The number of ether oxygens (including phenoxy) is 4. The molecule has 0 bridgehead atoms. The average molecular weight is 228 g/mol. The van der Waals surface area contributed by atoms with Gasteiger partial charge in [0.2, 0.25) is 0 Å². The first-order valence-corrected chi connectivity index (χ1v) is 6.38. The Morgan fingerprint density at radius 3 is 1.62 bits per heavy atom. The quantitative estimate of drug-likeness (QED) is 0.639. The van der Waals surface area contributed by atoms with E-state index >= 15 is 0 Å². The second-order valence-corrected chi connectivity index (χ2v) is 4.94. The SMILES string of the molecule is C1CC[C@@H](OC[C@H]2CO2)[C@@H](OC[C@@H]2CO2)C1. The zero-order chi connectivity index (χ0) is 10.8. The molecule has 4 heteroatoms. The van der Waals surface area contributed by atoms with E-state index in [2.05, 4.69) is 0 Å². The fraction of sp³-hybridized carbons (Fsp3) is 1.00. The van der Waals surface area contributed by atoms with Gasteiger partial charge < -0.3 is 18.9 Å². The van der Waals surface area contributed by atoms with Gasteiger partial charge in [0.05, 0.1) is 38.6 Å². The molecule has 1 saturated carbocycles. The van der Waals surface area contributed by atoms with Crippen molar-refractivity contribution < 1.29 is 18.9 Å². The molecule has 3 rings (SSSR count). The van der Waals surface area contributed by atoms with Gasteiger partial charge in [-0.25, -0.2) is 0 Å². The number of hydrogen-bond acceptors (Lipinski definition) is 4. The van der Waals surface area contributed by atoms with Crippen LogP contribution in [0.1, 0.15) is 25.7 Å². The van der Waals surface area contributed by atoms with E-state index in [-0.39, 0.29) is 12.2 Å². The molecule has 2 heterocycles.